The molecule has 2 rings (SSSR count). The van der Waals surface area contributed by atoms with E-state index in [9.17, 15) is 9.90 Å². The van der Waals surface area contributed by atoms with Crippen molar-refractivity contribution in [3.05, 3.63) is 35.9 Å². The van der Waals surface area contributed by atoms with Gasteiger partial charge in [0, 0.05) is 6.61 Å². The van der Waals surface area contributed by atoms with E-state index in [1.54, 1.807) is 0 Å². The zero-order valence-electron chi connectivity index (χ0n) is 11.8. The fourth-order valence-electron chi connectivity index (χ4n) is 2.43. The second-order valence-corrected chi connectivity index (χ2v) is 5.16. The minimum atomic E-state index is -0.577. The van der Waals surface area contributed by atoms with Gasteiger partial charge in [0.2, 0.25) is 0 Å². The number of cyclic esters (lactones) is 1. The van der Waals surface area contributed by atoms with Crippen LogP contribution < -0.4 is 0 Å². The van der Waals surface area contributed by atoms with Gasteiger partial charge in [-0.3, -0.25) is 4.79 Å². The minimum absolute atomic E-state index is 0.141. The van der Waals surface area contributed by atoms with Crippen molar-refractivity contribution in [1.82, 2.24) is 0 Å². The number of ether oxygens (including phenoxy) is 2. The molecule has 4 heteroatoms. The number of hydrogen-bond acceptors (Lipinski definition) is 4. The molecular weight excluding hydrogens is 256 g/mol. The molecule has 110 valence electrons. The molecule has 0 aliphatic carbocycles. The third-order valence-electron chi connectivity index (χ3n) is 3.66. The van der Waals surface area contributed by atoms with E-state index in [0.717, 1.165) is 18.4 Å². The van der Waals surface area contributed by atoms with E-state index in [0.29, 0.717) is 19.6 Å². The summed E-state index contributed by atoms with van der Waals surface area (Å²) in [5.74, 6) is -0.608. The van der Waals surface area contributed by atoms with Crippen LogP contribution in [0.5, 0.6) is 0 Å². The number of benzene rings is 1. The monoisotopic (exact) mass is 278 g/mol. The van der Waals surface area contributed by atoms with E-state index < -0.39 is 6.10 Å². The summed E-state index contributed by atoms with van der Waals surface area (Å²) in [6.07, 6.45) is 1.45. The van der Waals surface area contributed by atoms with Crippen LogP contribution in [0.15, 0.2) is 30.3 Å². The summed E-state index contributed by atoms with van der Waals surface area (Å²) < 4.78 is 10.7. The van der Waals surface area contributed by atoms with Crippen LogP contribution in [0.3, 0.4) is 0 Å². The van der Waals surface area contributed by atoms with E-state index >= 15 is 0 Å². The highest BCUT2D eigenvalue weighted by molar-refractivity contribution is 5.79. The molecule has 0 bridgehead atoms. The van der Waals surface area contributed by atoms with Gasteiger partial charge in [0.05, 0.1) is 12.7 Å². The molecule has 1 fully saturated rings. The standard InChI is InChI=1S/C16H22O4/c1-2-13(17)15-14(20-16(15)18)9-6-10-19-11-12-7-4-3-5-8-12/h3-5,7-8,13-15,17H,2,6,9-11H2,1H3/t13-,14+,15+/m0/s1. The van der Waals surface area contributed by atoms with Crippen molar-refractivity contribution in [2.45, 2.75) is 45.0 Å². The molecule has 0 radical (unpaired) electrons. The van der Waals surface area contributed by atoms with Gasteiger partial charge >= 0.3 is 5.97 Å². The Morgan fingerprint density at radius 2 is 2.10 bits per heavy atom. The van der Waals surface area contributed by atoms with Gasteiger partial charge in [-0.05, 0) is 24.8 Å². The molecule has 0 saturated carbocycles. The first-order chi connectivity index (χ1) is 9.72. The second kappa shape index (κ2) is 7.41. The van der Waals surface area contributed by atoms with E-state index in [2.05, 4.69) is 0 Å². The van der Waals surface area contributed by atoms with E-state index in [1.165, 1.54) is 0 Å². The molecule has 1 saturated heterocycles. The normalized spacial score (nSPS) is 23.0. The summed E-state index contributed by atoms with van der Waals surface area (Å²) in [5, 5.41) is 9.74. The lowest BCUT2D eigenvalue weighted by Gasteiger charge is -2.37. The first kappa shape index (κ1) is 15.0. The molecule has 1 aromatic rings. The van der Waals surface area contributed by atoms with Crippen LogP contribution >= 0.6 is 0 Å². The van der Waals surface area contributed by atoms with Crippen LogP contribution in [0.1, 0.15) is 31.7 Å². The van der Waals surface area contributed by atoms with Crippen molar-refractivity contribution in [1.29, 1.82) is 0 Å². The number of carbonyl (C=O) groups excluding carboxylic acids is 1. The van der Waals surface area contributed by atoms with Gasteiger partial charge in [0.25, 0.3) is 0 Å². The second-order valence-electron chi connectivity index (χ2n) is 5.16. The van der Waals surface area contributed by atoms with Gasteiger partial charge in [0.1, 0.15) is 12.0 Å². The molecule has 4 nitrogen and oxygen atoms in total. The lowest BCUT2D eigenvalue weighted by atomic mass is 9.87. The maximum atomic E-state index is 11.3. The molecule has 1 aliphatic heterocycles. The Morgan fingerprint density at radius 1 is 1.35 bits per heavy atom. The average Bonchev–Trinajstić information content (AvgIpc) is 2.46. The highest BCUT2D eigenvalue weighted by atomic mass is 16.6. The van der Waals surface area contributed by atoms with Crippen LogP contribution in [0, 0.1) is 5.92 Å². The number of esters is 1. The summed E-state index contributed by atoms with van der Waals surface area (Å²) in [4.78, 5) is 11.3. The smallest absolute Gasteiger partial charge is 0.315 e. The summed E-state index contributed by atoms with van der Waals surface area (Å²) >= 11 is 0. The van der Waals surface area contributed by atoms with E-state index in [-0.39, 0.29) is 18.0 Å². The van der Waals surface area contributed by atoms with Crippen molar-refractivity contribution in [2.75, 3.05) is 6.61 Å². The largest absolute Gasteiger partial charge is 0.461 e. The topological polar surface area (TPSA) is 55.8 Å². The SMILES string of the molecule is CC[C@H](O)[C@H]1C(=O)O[C@@H]1CCCOCc1ccccc1. The van der Waals surface area contributed by atoms with Crippen LogP contribution in [0.2, 0.25) is 0 Å². The molecule has 1 aromatic carbocycles. The average molecular weight is 278 g/mol. The van der Waals surface area contributed by atoms with Gasteiger partial charge in [-0.15, -0.1) is 0 Å². The highest BCUT2D eigenvalue weighted by Gasteiger charge is 2.45. The predicted molar refractivity (Wildman–Crippen MR) is 75.0 cm³/mol. The summed E-state index contributed by atoms with van der Waals surface area (Å²) in [6.45, 7) is 3.11. The van der Waals surface area contributed by atoms with Gasteiger partial charge < -0.3 is 14.6 Å². The van der Waals surface area contributed by atoms with Crippen molar-refractivity contribution >= 4 is 5.97 Å². The number of aliphatic hydroxyl groups excluding tert-OH is 1. The van der Waals surface area contributed by atoms with Crippen molar-refractivity contribution in [3.63, 3.8) is 0 Å². The first-order valence-electron chi connectivity index (χ1n) is 7.22. The molecule has 0 aromatic heterocycles. The Labute approximate surface area is 119 Å². The maximum absolute atomic E-state index is 11.3. The minimum Gasteiger partial charge on any atom is -0.461 e. The van der Waals surface area contributed by atoms with E-state index in [1.807, 2.05) is 37.3 Å². The predicted octanol–water partition coefficient (Wildman–Crippen LogP) is 2.30. The molecule has 1 heterocycles. The number of carbonyl (C=O) groups is 1. The van der Waals surface area contributed by atoms with Gasteiger partial charge in [-0.2, -0.15) is 0 Å². The number of aliphatic hydroxyl groups is 1. The Morgan fingerprint density at radius 3 is 2.75 bits per heavy atom. The number of rotatable bonds is 8. The zero-order chi connectivity index (χ0) is 14.4. The van der Waals surface area contributed by atoms with Crippen LogP contribution in [0.4, 0.5) is 0 Å². The third kappa shape index (κ3) is 3.81. The van der Waals surface area contributed by atoms with Crippen molar-refractivity contribution in [2.24, 2.45) is 5.92 Å². The summed E-state index contributed by atoms with van der Waals surface area (Å²) in [6, 6.07) is 10.0. The molecule has 20 heavy (non-hydrogen) atoms. The van der Waals surface area contributed by atoms with Crippen molar-refractivity contribution < 1.29 is 19.4 Å². The van der Waals surface area contributed by atoms with Crippen LogP contribution in [-0.2, 0) is 20.9 Å². The molecule has 0 amide bonds. The Bertz CT molecular complexity index is 418. The Kier molecular flexibility index (Phi) is 5.56. The molecule has 0 spiro atoms. The Hall–Kier alpha value is -1.39. The molecule has 3 atom stereocenters. The molecule has 1 N–H and O–H groups in total. The van der Waals surface area contributed by atoms with Crippen LogP contribution in [-0.4, -0.2) is 29.9 Å². The fraction of sp³-hybridized carbons (Fsp3) is 0.562. The van der Waals surface area contributed by atoms with Crippen LogP contribution in [0.25, 0.3) is 0 Å². The highest BCUT2D eigenvalue weighted by Crippen LogP contribution is 2.30. The van der Waals surface area contributed by atoms with Gasteiger partial charge in [-0.1, -0.05) is 37.3 Å². The Balaban J connectivity index is 1.61. The molecular formula is C16H22O4. The lowest BCUT2D eigenvalue weighted by Crippen LogP contribution is -2.51. The summed E-state index contributed by atoms with van der Waals surface area (Å²) in [5.41, 5.74) is 1.15. The maximum Gasteiger partial charge on any atom is 0.315 e. The zero-order valence-corrected chi connectivity index (χ0v) is 11.8. The number of hydrogen-bond donors (Lipinski definition) is 1. The van der Waals surface area contributed by atoms with Gasteiger partial charge in [-0.25, -0.2) is 0 Å². The van der Waals surface area contributed by atoms with E-state index in [4.69, 9.17) is 9.47 Å². The summed E-state index contributed by atoms with van der Waals surface area (Å²) in [7, 11) is 0. The fourth-order valence-corrected chi connectivity index (χ4v) is 2.43. The third-order valence-corrected chi connectivity index (χ3v) is 3.66. The molecule has 0 unspecified atom stereocenters. The quantitative estimate of drug-likeness (QED) is 0.585. The molecule has 1 aliphatic rings. The van der Waals surface area contributed by atoms with Crippen molar-refractivity contribution in [3.8, 4) is 0 Å². The first-order valence-corrected chi connectivity index (χ1v) is 7.22. The lowest BCUT2D eigenvalue weighted by molar-refractivity contribution is -0.196. The van der Waals surface area contributed by atoms with Gasteiger partial charge in [0.15, 0.2) is 0 Å².